The first-order valence-corrected chi connectivity index (χ1v) is 18.1. The Morgan fingerprint density at radius 1 is 0.673 bits per heavy atom. The minimum absolute atomic E-state index is 0.0226. The lowest BCUT2D eigenvalue weighted by molar-refractivity contribution is -0.147. The van der Waals surface area contributed by atoms with E-state index in [-0.39, 0.29) is 39.1 Å². The van der Waals surface area contributed by atoms with E-state index in [2.05, 4.69) is 29.1 Å². The fourth-order valence-corrected chi connectivity index (χ4v) is 5.65. The zero-order chi connectivity index (χ0) is 39.3. The van der Waals surface area contributed by atoms with Crippen LogP contribution in [0.3, 0.4) is 0 Å². The third kappa shape index (κ3) is 14.6. The van der Waals surface area contributed by atoms with E-state index < -0.39 is 47.9 Å². The first-order chi connectivity index (χ1) is 26.8. The van der Waals surface area contributed by atoms with E-state index >= 15 is 0 Å². The number of amides is 3. The number of ether oxygens (including phenoxy) is 3. The minimum atomic E-state index is -1.07. The van der Waals surface area contributed by atoms with Gasteiger partial charge in [-0.3, -0.25) is 9.59 Å². The molecule has 0 spiro atoms. The van der Waals surface area contributed by atoms with E-state index in [1.165, 1.54) is 6.08 Å². The van der Waals surface area contributed by atoms with E-state index in [1.807, 2.05) is 91.0 Å². The van der Waals surface area contributed by atoms with Gasteiger partial charge >= 0.3 is 12.1 Å². The van der Waals surface area contributed by atoms with Gasteiger partial charge in [0.25, 0.3) is 0 Å². The van der Waals surface area contributed by atoms with Crippen LogP contribution in [0.1, 0.15) is 47.6 Å². The van der Waals surface area contributed by atoms with Crippen LogP contribution in [0.5, 0.6) is 5.75 Å². The molecule has 3 amide bonds. The zero-order valence-corrected chi connectivity index (χ0v) is 30.8. The van der Waals surface area contributed by atoms with Crippen molar-refractivity contribution in [3.63, 3.8) is 0 Å². The number of esters is 1. The van der Waals surface area contributed by atoms with Gasteiger partial charge in [-0.05, 0) is 53.6 Å². The Labute approximate surface area is 322 Å². The highest BCUT2D eigenvalue weighted by Crippen LogP contribution is 2.19. The number of carbonyl (C=O) groups excluding carboxylic acids is 4. The summed E-state index contributed by atoms with van der Waals surface area (Å²) < 4.78 is 16.7. The van der Waals surface area contributed by atoms with Crippen LogP contribution < -0.4 is 20.7 Å². The molecule has 0 bridgehead atoms. The highest BCUT2D eigenvalue weighted by molar-refractivity contribution is 5.86. The Morgan fingerprint density at radius 2 is 1.27 bits per heavy atom. The second kappa shape index (κ2) is 22.8. The fourth-order valence-electron chi connectivity index (χ4n) is 5.65. The summed E-state index contributed by atoms with van der Waals surface area (Å²) in [6.45, 7) is 7.34. The molecule has 55 heavy (non-hydrogen) atoms. The molecule has 0 aromatic heterocycles. The van der Waals surface area contributed by atoms with E-state index in [9.17, 15) is 24.3 Å². The monoisotopic (exact) mass is 747 g/mol. The number of rotatable bonds is 22. The molecule has 288 valence electrons. The van der Waals surface area contributed by atoms with Crippen LogP contribution in [0, 0.1) is 5.92 Å². The van der Waals surface area contributed by atoms with Gasteiger partial charge in [-0.2, -0.15) is 0 Å². The number of alkyl carbamates (subject to hydrolysis) is 1. The van der Waals surface area contributed by atoms with Gasteiger partial charge in [0, 0.05) is 6.42 Å². The molecule has 0 saturated heterocycles. The number of aliphatic hydroxyl groups is 1. The van der Waals surface area contributed by atoms with Gasteiger partial charge < -0.3 is 35.3 Å². The van der Waals surface area contributed by atoms with Crippen LogP contribution in [0.15, 0.2) is 141 Å². The number of nitrogens with one attached hydrogen (secondary N) is 3. The molecule has 11 heteroatoms. The smallest absolute Gasteiger partial charge is 0.408 e. The summed E-state index contributed by atoms with van der Waals surface area (Å²) in [6, 6.07) is 32.9. The first-order valence-electron chi connectivity index (χ1n) is 18.1. The Hall–Kier alpha value is -6.20. The van der Waals surface area contributed by atoms with Crippen molar-refractivity contribution >= 4 is 23.9 Å². The van der Waals surface area contributed by atoms with Gasteiger partial charge in [0.2, 0.25) is 11.8 Å². The molecule has 0 aliphatic carbocycles. The molecule has 4 N–H and O–H groups in total. The summed E-state index contributed by atoms with van der Waals surface area (Å²) in [5.74, 6) is -1.69. The maximum Gasteiger partial charge on any atom is 0.408 e. The minimum Gasteiger partial charge on any atom is -0.489 e. The third-order valence-corrected chi connectivity index (χ3v) is 8.60. The van der Waals surface area contributed by atoms with Crippen LogP contribution >= 0.6 is 0 Å². The molecule has 0 fully saturated rings. The first kappa shape index (κ1) is 41.6. The summed E-state index contributed by atoms with van der Waals surface area (Å²) in [5.41, 5.74) is 3.40. The summed E-state index contributed by atoms with van der Waals surface area (Å²) in [6.07, 6.45) is 2.72. The number of carbonyl (C=O) groups is 4. The molecule has 0 aliphatic rings. The molecular formula is C44H49N3O8. The Bertz CT molecular complexity index is 1800. The normalized spacial score (nSPS) is 12.8. The predicted octanol–water partition coefficient (Wildman–Crippen LogP) is 6.14. The molecule has 0 saturated carbocycles. The second-order valence-electron chi connectivity index (χ2n) is 12.9. The SMILES string of the molecule is C=CC[C@@H](CC(=O)N[C@H](CO)Cc1ccc(OCc2ccccc2)cc1)C(=O)N[C@@H](COC(=O)[C@@H](CC=C)NC(=O)OCc1ccccc1)c1ccccc1. The van der Waals surface area contributed by atoms with E-state index in [0.717, 1.165) is 16.7 Å². The Balaban J connectivity index is 1.32. The molecule has 4 aromatic carbocycles. The number of benzene rings is 4. The van der Waals surface area contributed by atoms with Crippen molar-refractivity contribution in [3.05, 3.63) is 163 Å². The third-order valence-electron chi connectivity index (χ3n) is 8.60. The van der Waals surface area contributed by atoms with Crippen molar-refractivity contribution in [3.8, 4) is 5.75 Å². The molecule has 4 rings (SSSR count). The summed E-state index contributed by atoms with van der Waals surface area (Å²) in [7, 11) is 0. The van der Waals surface area contributed by atoms with Gasteiger partial charge in [0.05, 0.1) is 24.6 Å². The summed E-state index contributed by atoms with van der Waals surface area (Å²) in [4.78, 5) is 52.5. The lowest BCUT2D eigenvalue weighted by Gasteiger charge is -2.24. The molecule has 0 unspecified atom stereocenters. The van der Waals surface area contributed by atoms with E-state index in [1.54, 1.807) is 30.3 Å². The van der Waals surface area contributed by atoms with Gasteiger partial charge in [0.1, 0.15) is 31.6 Å². The van der Waals surface area contributed by atoms with Crippen LogP contribution in [-0.2, 0) is 43.5 Å². The van der Waals surface area contributed by atoms with Crippen LogP contribution in [0.25, 0.3) is 0 Å². The van der Waals surface area contributed by atoms with Crippen molar-refractivity contribution in [1.82, 2.24) is 16.0 Å². The van der Waals surface area contributed by atoms with Crippen molar-refractivity contribution in [2.75, 3.05) is 13.2 Å². The lowest BCUT2D eigenvalue weighted by atomic mass is 9.97. The van der Waals surface area contributed by atoms with Crippen molar-refractivity contribution in [1.29, 1.82) is 0 Å². The largest absolute Gasteiger partial charge is 0.489 e. The number of hydrogen-bond acceptors (Lipinski definition) is 8. The average molecular weight is 748 g/mol. The highest BCUT2D eigenvalue weighted by Gasteiger charge is 2.28. The van der Waals surface area contributed by atoms with Gasteiger partial charge in [0.15, 0.2) is 0 Å². The van der Waals surface area contributed by atoms with Crippen molar-refractivity contribution in [2.24, 2.45) is 5.92 Å². The van der Waals surface area contributed by atoms with E-state index in [0.29, 0.717) is 24.3 Å². The zero-order valence-electron chi connectivity index (χ0n) is 30.8. The predicted molar refractivity (Wildman–Crippen MR) is 210 cm³/mol. The van der Waals surface area contributed by atoms with Gasteiger partial charge in [-0.1, -0.05) is 115 Å². The quantitative estimate of drug-likeness (QED) is 0.0553. The second-order valence-corrected chi connectivity index (χ2v) is 12.9. The molecule has 0 radical (unpaired) electrons. The number of allylic oxidation sites excluding steroid dienone is 1. The Kier molecular flexibility index (Phi) is 17.2. The Morgan fingerprint density at radius 3 is 1.87 bits per heavy atom. The number of hydrogen-bond donors (Lipinski definition) is 4. The highest BCUT2D eigenvalue weighted by atomic mass is 16.6. The summed E-state index contributed by atoms with van der Waals surface area (Å²) in [5, 5.41) is 18.4. The molecule has 0 aliphatic heterocycles. The topological polar surface area (TPSA) is 152 Å². The number of aliphatic hydroxyl groups excluding tert-OH is 1. The molecule has 4 atom stereocenters. The van der Waals surface area contributed by atoms with Crippen molar-refractivity contribution in [2.45, 2.75) is 57.0 Å². The molecule has 4 aromatic rings. The maximum atomic E-state index is 13.7. The molecular weight excluding hydrogens is 698 g/mol. The summed E-state index contributed by atoms with van der Waals surface area (Å²) >= 11 is 0. The lowest BCUT2D eigenvalue weighted by Crippen LogP contribution is -2.44. The van der Waals surface area contributed by atoms with Crippen LogP contribution in [-0.4, -0.2) is 54.3 Å². The average Bonchev–Trinajstić information content (AvgIpc) is 3.21. The molecule has 11 nitrogen and oxygen atoms in total. The standard InChI is InChI=1S/C44H49N3O8/c1-3-14-36(27-41(49)45-37(28-48)26-32-22-24-38(25-23-32)53-29-33-16-8-5-9-17-33)42(50)46-40(35-20-12-7-13-21-35)31-54-43(51)39(15-4-2)47-44(52)55-30-34-18-10-6-11-19-34/h3-13,16-25,36-37,39-40,48H,1-2,14-15,26-31H2,(H,45,49)(H,46,50)(H,47,52)/t36-,37-,39+,40-/m0/s1. The van der Waals surface area contributed by atoms with Crippen LogP contribution in [0.2, 0.25) is 0 Å². The maximum absolute atomic E-state index is 13.7. The van der Waals surface area contributed by atoms with Crippen LogP contribution in [0.4, 0.5) is 4.79 Å². The fraction of sp³-hybridized carbons (Fsp3) is 0.273. The van der Waals surface area contributed by atoms with Gasteiger partial charge in [-0.15, -0.1) is 13.2 Å². The van der Waals surface area contributed by atoms with Crippen molar-refractivity contribution < 1.29 is 38.5 Å². The van der Waals surface area contributed by atoms with E-state index in [4.69, 9.17) is 14.2 Å². The van der Waals surface area contributed by atoms with Gasteiger partial charge in [-0.25, -0.2) is 9.59 Å². The molecule has 0 heterocycles.